The van der Waals surface area contributed by atoms with Gasteiger partial charge < -0.3 is 9.84 Å². The average molecular weight is 407 g/mol. The van der Waals surface area contributed by atoms with Crippen molar-refractivity contribution >= 4 is 35.5 Å². The number of phenolic OH excluding ortho intramolecular Hbond substituents is 1. The van der Waals surface area contributed by atoms with Crippen LogP contribution in [0.3, 0.4) is 0 Å². The summed E-state index contributed by atoms with van der Waals surface area (Å²) in [5.74, 6) is 0.962. The zero-order chi connectivity index (χ0) is 19.5. The summed E-state index contributed by atoms with van der Waals surface area (Å²) in [4.78, 5) is 17.8. The van der Waals surface area contributed by atoms with Gasteiger partial charge in [0, 0.05) is 0 Å². The van der Waals surface area contributed by atoms with Crippen LogP contribution in [-0.2, 0) is 0 Å². The first kappa shape index (κ1) is 20.2. The second-order valence-corrected chi connectivity index (χ2v) is 6.23. The molecule has 1 heterocycles. The Morgan fingerprint density at radius 2 is 1.69 bits per heavy atom. The lowest BCUT2D eigenvalue weighted by Gasteiger charge is -2.11. The topological polar surface area (TPSA) is 64.3 Å². The van der Waals surface area contributed by atoms with Crippen LogP contribution in [0.1, 0.15) is 11.4 Å². The molecular weight excluding hydrogens is 388 g/mol. The third kappa shape index (κ3) is 4.00. The van der Waals surface area contributed by atoms with Crippen LogP contribution >= 0.6 is 12.4 Å². The van der Waals surface area contributed by atoms with Crippen molar-refractivity contribution in [2.24, 2.45) is 0 Å². The molecule has 0 atom stereocenters. The third-order valence-electron chi connectivity index (χ3n) is 4.44. The molecule has 0 aliphatic carbocycles. The van der Waals surface area contributed by atoms with Crippen molar-refractivity contribution in [3.05, 3.63) is 94.5 Å². The molecule has 0 saturated heterocycles. The van der Waals surface area contributed by atoms with E-state index >= 15 is 0 Å². The molecule has 0 amide bonds. The fourth-order valence-corrected chi connectivity index (χ4v) is 3.07. The van der Waals surface area contributed by atoms with Crippen molar-refractivity contribution in [3.63, 3.8) is 0 Å². The number of phenols is 1. The Morgan fingerprint density at radius 3 is 2.41 bits per heavy atom. The summed E-state index contributed by atoms with van der Waals surface area (Å²) in [6.07, 6.45) is 3.57. The summed E-state index contributed by atoms with van der Waals surface area (Å²) in [7, 11) is 1.50. The van der Waals surface area contributed by atoms with Gasteiger partial charge in [0.1, 0.15) is 5.82 Å². The van der Waals surface area contributed by atoms with Crippen LogP contribution in [-0.4, -0.2) is 21.8 Å². The lowest BCUT2D eigenvalue weighted by molar-refractivity contribution is 0.373. The van der Waals surface area contributed by atoms with Gasteiger partial charge in [-0.2, -0.15) is 0 Å². The van der Waals surface area contributed by atoms with E-state index in [1.165, 1.54) is 7.11 Å². The number of nitrogens with zero attached hydrogens (tertiary/aromatic N) is 2. The van der Waals surface area contributed by atoms with Gasteiger partial charge in [-0.15, -0.1) is 12.4 Å². The minimum Gasteiger partial charge on any atom is -0.504 e. The summed E-state index contributed by atoms with van der Waals surface area (Å²) >= 11 is 0. The minimum absolute atomic E-state index is 0. The Kier molecular flexibility index (Phi) is 6.00. The van der Waals surface area contributed by atoms with Gasteiger partial charge in [-0.1, -0.05) is 42.5 Å². The molecule has 0 unspecified atom stereocenters. The van der Waals surface area contributed by atoms with Crippen molar-refractivity contribution in [3.8, 4) is 17.2 Å². The number of methoxy groups -OCH3 is 1. The van der Waals surface area contributed by atoms with Gasteiger partial charge in [0.15, 0.2) is 11.5 Å². The summed E-state index contributed by atoms with van der Waals surface area (Å²) in [5, 5.41) is 10.5. The zero-order valence-electron chi connectivity index (χ0n) is 15.6. The third-order valence-corrected chi connectivity index (χ3v) is 4.44. The number of halogens is 1. The van der Waals surface area contributed by atoms with E-state index in [1.54, 1.807) is 34.9 Å². The monoisotopic (exact) mass is 406 g/mol. The molecule has 0 aliphatic heterocycles. The van der Waals surface area contributed by atoms with Gasteiger partial charge in [-0.25, -0.2) is 4.98 Å². The average Bonchev–Trinajstić information content (AvgIpc) is 2.73. The predicted molar refractivity (Wildman–Crippen MR) is 118 cm³/mol. The van der Waals surface area contributed by atoms with Gasteiger partial charge in [0.25, 0.3) is 5.56 Å². The first-order chi connectivity index (χ1) is 13.7. The zero-order valence-corrected chi connectivity index (χ0v) is 16.5. The van der Waals surface area contributed by atoms with Gasteiger partial charge in [-0.05, 0) is 48.0 Å². The van der Waals surface area contributed by atoms with E-state index in [4.69, 9.17) is 4.74 Å². The smallest absolute Gasteiger partial charge is 0.266 e. The highest BCUT2D eigenvalue weighted by Crippen LogP contribution is 2.27. The molecular formula is C23H19ClN2O3. The number of hydrogen-bond acceptors (Lipinski definition) is 4. The van der Waals surface area contributed by atoms with Crippen LogP contribution in [0, 0.1) is 0 Å². The molecule has 1 aromatic heterocycles. The highest BCUT2D eigenvalue weighted by atomic mass is 35.5. The molecule has 3 aromatic carbocycles. The molecule has 1 N–H and O–H groups in total. The fourth-order valence-electron chi connectivity index (χ4n) is 3.07. The van der Waals surface area contributed by atoms with E-state index in [-0.39, 0.29) is 23.7 Å². The molecule has 5 nitrogen and oxygen atoms in total. The maximum Gasteiger partial charge on any atom is 0.266 e. The summed E-state index contributed by atoms with van der Waals surface area (Å²) in [6.45, 7) is 0. The Hall–Kier alpha value is -3.57. The number of hydrogen-bond donors (Lipinski definition) is 1. The van der Waals surface area contributed by atoms with Crippen LogP contribution in [0.2, 0.25) is 0 Å². The number of benzene rings is 3. The second kappa shape index (κ2) is 8.63. The number of aromatic nitrogens is 2. The van der Waals surface area contributed by atoms with E-state index in [2.05, 4.69) is 4.98 Å². The predicted octanol–water partition coefficient (Wildman–Crippen LogP) is 4.69. The fraction of sp³-hybridized carbons (Fsp3) is 0.0435. The van der Waals surface area contributed by atoms with E-state index in [1.807, 2.05) is 54.6 Å². The van der Waals surface area contributed by atoms with E-state index in [9.17, 15) is 9.90 Å². The quantitative estimate of drug-likeness (QED) is 0.534. The first-order valence-corrected chi connectivity index (χ1v) is 8.79. The Labute approximate surface area is 174 Å². The lowest BCUT2D eigenvalue weighted by Crippen LogP contribution is -2.22. The van der Waals surface area contributed by atoms with E-state index < -0.39 is 0 Å². The van der Waals surface area contributed by atoms with Crippen LogP contribution in [0.15, 0.2) is 77.6 Å². The number of ether oxygens (including phenoxy) is 1. The molecule has 4 aromatic rings. The maximum atomic E-state index is 13.1. The highest BCUT2D eigenvalue weighted by Gasteiger charge is 2.10. The molecule has 0 saturated carbocycles. The summed E-state index contributed by atoms with van der Waals surface area (Å²) < 4.78 is 6.66. The SMILES string of the molecule is COc1ccc(C=Cc2nc3ccccc3c(=O)n2-c2ccccc2)cc1O.Cl. The van der Waals surface area contributed by atoms with Crippen molar-refractivity contribution in [1.82, 2.24) is 9.55 Å². The number of fused-ring (bicyclic) bond motifs is 1. The van der Waals surface area contributed by atoms with Crippen LogP contribution < -0.4 is 10.3 Å². The van der Waals surface area contributed by atoms with Crippen LogP contribution in [0.25, 0.3) is 28.7 Å². The van der Waals surface area contributed by atoms with Gasteiger partial charge in [0.05, 0.1) is 23.7 Å². The van der Waals surface area contributed by atoms with Crippen LogP contribution in [0.4, 0.5) is 0 Å². The van der Waals surface area contributed by atoms with Gasteiger partial charge in [0.2, 0.25) is 0 Å². The molecule has 146 valence electrons. The largest absolute Gasteiger partial charge is 0.504 e. The molecule has 0 spiro atoms. The molecule has 6 heteroatoms. The standard InChI is InChI=1S/C23H18N2O3.ClH/c1-28-21-13-11-16(15-20(21)26)12-14-22-24-19-10-6-5-9-18(19)23(27)25(22)17-7-3-2-4-8-17;/h2-15,26H,1H3;1H. The number of para-hydroxylation sites is 2. The first-order valence-electron chi connectivity index (χ1n) is 8.79. The summed E-state index contributed by atoms with van der Waals surface area (Å²) in [5.41, 5.74) is 2.01. The van der Waals surface area contributed by atoms with Crippen molar-refractivity contribution < 1.29 is 9.84 Å². The van der Waals surface area contributed by atoms with Crippen LogP contribution in [0.5, 0.6) is 11.5 Å². The Balaban J connectivity index is 0.00000240. The normalized spacial score (nSPS) is 10.8. The van der Waals surface area contributed by atoms with Crippen molar-refractivity contribution in [1.29, 1.82) is 0 Å². The molecule has 0 fully saturated rings. The number of rotatable bonds is 4. The molecule has 0 bridgehead atoms. The van der Waals surface area contributed by atoms with E-state index in [0.717, 1.165) is 11.3 Å². The lowest BCUT2D eigenvalue weighted by atomic mass is 10.1. The van der Waals surface area contributed by atoms with Gasteiger partial charge in [-0.3, -0.25) is 9.36 Å². The summed E-state index contributed by atoms with van der Waals surface area (Å²) in [6, 6.07) is 21.8. The Morgan fingerprint density at radius 1 is 0.966 bits per heavy atom. The van der Waals surface area contributed by atoms with E-state index in [0.29, 0.717) is 22.5 Å². The molecule has 0 aliphatic rings. The van der Waals surface area contributed by atoms with Gasteiger partial charge >= 0.3 is 0 Å². The molecule has 0 radical (unpaired) electrons. The highest BCUT2D eigenvalue weighted by molar-refractivity contribution is 5.85. The molecule has 29 heavy (non-hydrogen) atoms. The maximum absolute atomic E-state index is 13.1. The molecule has 4 rings (SSSR count). The van der Waals surface area contributed by atoms with Crippen molar-refractivity contribution in [2.75, 3.05) is 7.11 Å². The number of aromatic hydroxyl groups is 1. The second-order valence-electron chi connectivity index (χ2n) is 6.23. The minimum atomic E-state index is -0.131. The van der Waals surface area contributed by atoms with Crippen molar-refractivity contribution in [2.45, 2.75) is 0 Å². The Bertz CT molecular complexity index is 1230.